The predicted molar refractivity (Wildman–Crippen MR) is 58.8 cm³/mol. The Balaban J connectivity index is 2.17. The monoisotopic (exact) mass is 195 g/mol. The fraction of sp³-hybridized carbons (Fsp3) is 0.727. The van der Waals surface area contributed by atoms with Crippen molar-refractivity contribution in [2.75, 3.05) is 0 Å². The average Bonchev–Trinajstić information content (AvgIpc) is 2.57. The highest BCUT2D eigenvalue weighted by Crippen LogP contribution is 2.40. The van der Waals surface area contributed by atoms with Crippen molar-refractivity contribution in [2.24, 2.45) is 0 Å². The highest BCUT2D eigenvalue weighted by molar-refractivity contribution is 7.30. The van der Waals surface area contributed by atoms with Gasteiger partial charge in [-0.25, -0.2) is 0 Å². The van der Waals surface area contributed by atoms with Crippen LogP contribution in [0.4, 0.5) is 0 Å². The van der Waals surface area contributed by atoms with E-state index in [9.17, 15) is 0 Å². The van der Waals surface area contributed by atoms with E-state index in [1.165, 1.54) is 44.0 Å². The second kappa shape index (κ2) is 3.84. The van der Waals surface area contributed by atoms with Crippen LogP contribution in [0.3, 0.4) is 0 Å². The molecule has 1 heterocycles. The van der Waals surface area contributed by atoms with Gasteiger partial charge in [0.1, 0.15) is 0 Å². The summed E-state index contributed by atoms with van der Waals surface area (Å²) in [5.41, 5.74) is 1.91. The van der Waals surface area contributed by atoms with Gasteiger partial charge in [0, 0.05) is 11.6 Å². The lowest BCUT2D eigenvalue weighted by molar-refractivity contribution is 0.408. The summed E-state index contributed by atoms with van der Waals surface area (Å²) >= 11 is 0. The lowest BCUT2D eigenvalue weighted by Crippen LogP contribution is -2.19. The van der Waals surface area contributed by atoms with Crippen molar-refractivity contribution >= 4 is 8.19 Å². The van der Waals surface area contributed by atoms with E-state index in [-0.39, 0.29) is 0 Å². The molecule has 1 saturated carbocycles. The number of aromatic nitrogens is 1. The van der Waals surface area contributed by atoms with E-state index < -0.39 is 0 Å². The maximum absolute atomic E-state index is 4.52. The number of hydrogen-bond donors (Lipinski definition) is 0. The zero-order valence-corrected chi connectivity index (χ0v) is 9.34. The van der Waals surface area contributed by atoms with Gasteiger partial charge >= 0.3 is 0 Å². The largest absolute Gasteiger partial charge is 0.256 e. The van der Waals surface area contributed by atoms with Gasteiger partial charge < -0.3 is 0 Å². The summed E-state index contributed by atoms with van der Waals surface area (Å²) in [6.45, 7) is 2.41. The summed E-state index contributed by atoms with van der Waals surface area (Å²) in [5, 5.41) is 0. The lowest BCUT2D eigenvalue weighted by Gasteiger charge is -2.25. The summed E-state index contributed by atoms with van der Waals surface area (Å²) in [5.74, 6) is 2.21. The van der Waals surface area contributed by atoms with Crippen LogP contribution in [0.15, 0.2) is 12.0 Å². The fourth-order valence-corrected chi connectivity index (χ4v) is 3.40. The molecule has 0 aliphatic heterocycles. The predicted octanol–water partition coefficient (Wildman–Crippen LogP) is 3.72. The number of hydrogen-bond acceptors (Lipinski definition) is 1. The van der Waals surface area contributed by atoms with Crippen LogP contribution in [-0.2, 0) is 5.41 Å². The van der Waals surface area contributed by atoms with E-state index in [0.29, 0.717) is 5.41 Å². The molecule has 2 rings (SSSR count). The maximum atomic E-state index is 4.52. The van der Waals surface area contributed by atoms with Crippen molar-refractivity contribution in [1.29, 1.82) is 0 Å². The third-order valence-corrected chi connectivity index (χ3v) is 4.60. The molecular weight excluding hydrogens is 177 g/mol. The smallest absolute Gasteiger partial charge is 0.0620 e. The van der Waals surface area contributed by atoms with Crippen molar-refractivity contribution in [1.82, 2.24) is 4.98 Å². The lowest BCUT2D eigenvalue weighted by atomic mass is 9.83. The van der Waals surface area contributed by atoms with Gasteiger partial charge in [-0.2, -0.15) is 0 Å². The van der Waals surface area contributed by atoms with Gasteiger partial charge in [-0.15, -0.1) is 8.19 Å². The third kappa shape index (κ3) is 1.96. The van der Waals surface area contributed by atoms with E-state index in [1.807, 2.05) is 6.20 Å². The summed E-state index contributed by atoms with van der Waals surface area (Å²) in [4.78, 5) is 4.52. The van der Waals surface area contributed by atoms with Crippen molar-refractivity contribution < 1.29 is 0 Å². The standard InChI is InChI=1S/C11H18NP/c1-11(10-12-8-9-13-10)6-4-2-3-5-7-11/h8-9,13H,2-7H2,1H3. The molecule has 0 amide bonds. The highest BCUT2D eigenvalue weighted by Gasteiger charge is 2.28. The van der Waals surface area contributed by atoms with Crippen LogP contribution in [0, 0.1) is 0 Å². The van der Waals surface area contributed by atoms with Crippen LogP contribution in [0.25, 0.3) is 0 Å². The molecular formula is C11H18NP. The van der Waals surface area contributed by atoms with E-state index in [4.69, 9.17) is 0 Å². The van der Waals surface area contributed by atoms with Gasteiger partial charge in [0.15, 0.2) is 0 Å². The minimum atomic E-state index is 0.443. The Hall–Kier alpha value is -0.290. The summed E-state index contributed by atoms with van der Waals surface area (Å²) in [6.07, 6.45) is 10.4. The van der Waals surface area contributed by atoms with Gasteiger partial charge in [-0.3, -0.25) is 4.98 Å². The molecule has 1 aromatic heterocycles. The molecule has 1 aliphatic rings. The first kappa shape index (κ1) is 9.27. The Kier molecular flexibility index (Phi) is 2.74. The van der Waals surface area contributed by atoms with Crippen molar-refractivity contribution in [3.05, 3.63) is 17.4 Å². The van der Waals surface area contributed by atoms with Gasteiger partial charge in [-0.1, -0.05) is 32.6 Å². The fourth-order valence-electron chi connectivity index (χ4n) is 2.34. The van der Waals surface area contributed by atoms with E-state index in [2.05, 4.69) is 17.7 Å². The molecule has 0 radical (unpaired) electrons. The van der Waals surface area contributed by atoms with Gasteiger partial charge in [0.2, 0.25) is 0 Å². The summed E-state index contributed by atoms with van der Waals surface area (Å²) in [6, 6.07) is 0. The maximum Gasteiger partial charge on any atom is 0.0620 e. The molecule has 2 heteroatoms. The second-order valence-electron chi connectivity index (χ2n) is 4.41. The SMILES string of the molecule is CC1(c2ncc[pH]2)CCCCCC1. The van der Waals surface area contributed by atoms with Gasteiger partial charge in [-0.05, 0) is 18.6 Å². The second-order valence-corrected chi connectivity index (χ2v) is 5.51. The average molecular weight is 195 g/mol. The van der Waals surface area contributed by atoms with Crippen LogP contribution in [-0.4, -0.2) is 4.98 Å². The van der Waals surface area contributed by atoms with Crippen molar-refractivity contribution in [2.45, 2.75) is 50.9 Å². The normalized spacial score (nSPS) is 23.2. The van der Waals surface area contributed by atoms with Crippen LogP contribution in [0.5, 0.6) is 0 Å². The molecule has 0 bridgehead atoms. The molecule has 1 unspecified atom stereocenters. The Bertz CT molecular complexity index is 245. The highest BCUT2D eigenvalue weighted by atomic mass is 31.0. The molecule has 0 spiro atoms. The molecule has 72 valence electrons. The molecule has 1 atom stereocenters. The van der Waals surface area contributed by atoms with Gasteiger partial charge in [0.05, 0.1) is 5.43 Å². The zero-order chi connectivity index (χ0) is 9.15. The number of rotatable bonds is 1. The van der Waals surface area contributed by atoms with E-state index >= 15 is 0 Å². The Morgan fingerprint density at radius 3 is 2.46 bits per heavy atom. The van der Waals surface area contributed by atoms with Crippen LogP contribution >= 0.6 is 8.19 Å². The molecule has 0 aromatic carbocycles. The van der Waals surface area contributed by atoms with Crippen molar-refractivity contribution in [3.8, 4) is 0 Å². The molecule has 1 nitrogen and oxygen atoms in total. The molecule has 1 aromatic rings. The quantitative estimate of drug-likeness (QED) is 0.622. The Morgan fingerprint density at radius 2 is 1.92 bits per heavy atom. The first-order valence-corrected chi connectivity index (χ1v) is 6.39. The minimum Gasteiger partial charge on any atom is -0.256 e. The summed E-state index contributed by atoms with van der Waals surface area (Å²) in [7, 11) is 0.868. The topological polar surface area (TPSA) is 12.9 Å². The Morgan fingerprint density at radius 1 is 1.23 bits per heavy atom. The van der Waals surface area contributed by atoms with E-state index in [1.54, 1.807) is 0 Å². The molecule has 1 fully saturated rings. The minimum absolute atomic E-state index is 0.443. The van der Waals surface area contributed by atoms with Crippen LogP contribution in [0.2, 0.25) is 0 Å². The number of nitrogens with zero attached hydrogens (tertiary/aromatic N) is 1. The zero-order valence-electron chi connectivity index (χ0n) is 8.34. The Labute approximate surface area is 82.1 Å². The third-order valence-electron chi connectivity index (χ3n) is 3.28. The molecule has 1 aliphatic carbocycles. The molecule has 13 heavy (non-hydrogen) atoms. The first-order valence-electron chi connectivity index (χ1n) is 5.31. The van der Waals surface area contributed by atoms with Crippen molar-refractivity contribution in [3.63, 3.8) is 0 Å². The first-order chi connectivity index (χ1) is 6.31. The van der Waals surface area contributed by atoms with Gasteiger partial charge in [0.25, 0.3) is 0 Å². The molecule has 0 saturated heterocycles. The molecule has 0 N–H and O–H groups in total. The summed E-state index contributed by atoms with van der Waals surface area (Å²) < 4.78 is 0. The van der Waals surface area contributed by atoms with E-state index in [0.717, 1.165) is 8.19 Å². The van der Waals surface area contributed by atoms with Crippen LogP contribution < -0.4 is 0 Å². The van der Waals surface area contributed by atoms with Crippen LogP contribution in [0.1, 0.15) is 50.9 Å².